The average Bonchev–Trinajstić information content (AvgIpc) is 3.10. The van der Waals surface area contributed by atoms with Crippen LogP contribution in [0.25, 0.3) is 0 Å². The lowest BCUT2D eigenvalue weighted by Gasteiger charge is -2.18. The number of nitrogens with zero attached hydrogens (tertiary/aromatic N) is 2. The third kappa shape index (κ3) is 5.62. The Kier molecular flexibility index (Phi) is 8.46. The normalized spacial score (nSPS) is 12.0. The molecule has 0 spiro atoms. The summed E-state index contributed by atoms with van der Waals surface area (Å²) in [6.45, 7) is 2.10. The van der Waals surface area contributed by atoms with Crippen molar-refractivity contribution >= 4 is 23.3 Å². The topological polar surface area (TPSA) is 115 Å². The van der Waals surface area contributed by atoms with Gasteiger partial charge in [-0.2, -0.15) is 4.79 Å². The zero-order valence-corrected chi connectivity index (χ0v) is 18.1. The summed E-state index contributed by atoms with van der Waals surface area (Å²) in [6.07, 6.45) is 5.58. The van der Waals surface area contributed by atoms with E-state index in [2.05, 4.69) is 28.1 Å². The summed E-state index contributed by atoms with van der Waals surface area (Å²) in [6, 6.07) is 8.10. The number of rotatable bonds is 12. The van der Waals surface area contributed by atoms with E-state index < -0.39 is 5.97 Å². The number of aromatic nitrogens is 2. The van der Waals surface area contributed by atoms with E-state index in [1.807, 2.05) is 45.4 Å². The lowest BCUT2D eigenvalue weighted by Crippen LogP contribution is -2.15. The summed E-state index contributed by atoms with van der Waals surface area (Å²) in [5.41, 5.74) is 6.93. The monoisotopic (exact) mass is 412 g/mol. The van der Waals surface area contributed by atoms with E-state index in [0.717, 1.165) is 40.8 Å². The van der Waals surface area contributed by atoms with E-state index in [1.54, 1.807) is 10.9 Å². The first-order chi connectivity index (χ1) is 14.4. The van der Waals surface area contributed by atoms with Crippen molar-refractivity contribution < 1.29 is 9.90 Å². The quantitative estimate of drug-likeness (QED) is 0.269. The highest BCUT2D eigenvalue weighted by molar-refractivity contribution is 5.88. The summed E-state index contributed by atoms with van der Waals surface area (Å²) >= 11 is 0. The predicted molar refractivity (Wildman–Crippen MR) is 123 cm³/mol. The first-order valence-corrected chi connectivity index (χ1v) is 10.2. The van der Waals surface area contributed by atoms with E-state index >= 15 is 0 Å². The van der Waals surface area contributed by atoms with Gasteiger partial charge in [0.2, 0.25) is 0 Å². The molecule has 0 saturated heterocycles. The summed E-state index contributed by atoms with van der Waals surface area (Å²) in [5.74, 6) is 0.813. The fraction of sp³-hybridized carbons (Fsp3) is 0.409. The molecule has 0 fully saturated rings. The number of carboxylic acids is 1. The van der Waals surface area contributed by atoms with Gasteiger partial charge in [-0.3, -0.25) is 0 Å². The number of carboxylic acid groups (broad SMARTS) is 1. The van der Waals surface area contributed by atoms with Crippen LogP contribution in [-0.2, 0) is 17.6 Å². The average molecular weight is 413 g/mol. The first kappa shape index (κ1) is 23.0. The Morgan fingerprint density at radius 1 is 1.23 bits per heavy atom. The Labute approximate surface area is 177 Å². The molecular formula is C22H32N6O2. The van der Waals surface area contributed by atoms with E-state index in [4.69, 9.17) is 10.5 Å². The minimum atomic E-state index is -0.936. The largest absolute Gasteiger partial charge is 0.478 e. The molecule has 0 saturated carbocycles. The third-order valence-electron chi connectivity index (χ3n) is 5.14. The summed E-state index contributed by atoms with van der Waals surface area (Å²) < 4.78 is 0. The summed E-state index contributed by atoms with van der Waals surface area (Å²) in [4.78, 5) is 12.3. The summed E-state index contributed by atoms with van der Waals surface area (Å²) in [7, 11) is 5.52. The fourth-order valence-electron chi connectivity index (χ4n) is 3.61. The molecule has 0 radical (unpaired) electrons. The molecule has 8 heteroatoms. The van der Waals surface area contributed by atoms with Crippen LogP contribution >= 0.6 is 0 Å². The molecule has 0 aliphatic carbocycles. The van der Waals surface area contributed by atoms with Gasteiger partial charge in [-0.05, 0) is 36.8 Å². The summed E-state index contributed by atoms with van der Waals surface area (Å²) in [5, 5.41) is 28.2. The third-order valence-corrected chi connectivity index (χ3v) is 5.14. The zero-order chi connectivity index (χ0) is 22.1. The lowest BCUT2D eigenvalue weighted by molar-refractivity contribution is -0.131. The molecule has 8 nitrogen and oxygen atoms in total. The van der Waals surface area contributed by atoms with Crippen molar-refractivity contribution in [1.82, 2.24) is 9.89 Å². The van der Waals surface area contributed by atoms with Crippen molar-refractivity contribution in [3.8, 4) is 0 Å². The van der Waals surface area contributed by atoms with Crippen molar-refractivity contribution in [3.63, 3.8) is 0 Å². The van der Waals surface area contributed by atoms with Gasteiger partial charge in [0.25, 0.3) is 0 Å². The van der Waals surface area contributed by atoms with E-state index in [1.165, 1.54) is 0 Å². The molecule has 0 aliphatic heterocycles. The molecule has 2 rings (SSSR count). The number of allylic oxidation sites excluding steroid dienone is 1. The number of hydrogen-bond acceptors (Lipinski definition) is 6. The second-order valence-electron chi connectivity index (χ2n) is 6.98. The number of aliphatic carboxylic acids is 1. The van der Waals surface area contributed by atoms with Crippen molar-refractivity contribution in [2.45, 2.75) is 38.5 Å². The molecule has 1 aromatic heterocycles. The van der Waals surface area contributed by atoms with Gasteiger partial charge in [0.15, 0.2) is 11.6 Å². The van der Waals surface area contributed by atoms with Crippen LogP contribution in [-0.4, -0.2) is 47.8 Å². The van der Waals surface area contributed by atoms with Crippen LogP contribution in [0.5, 0.6) is 0 Å². The van der Waals surface area contributed by atoms with Gasteiger partial charge >= 0.3 is 5.97 Å². The molecule has 0 unspecified atom stereocenters. The van der Waals surface area contributed by atoms with E-state index in [9.17, 15) is 4.79 Å². The van der Waals surface area contributed by atoms with Gasteiger partial charge < -0.3 is 26.6 Å². The van der Waals surface area contributed by atoms with Crippen LogP contribution in [0.4, 0.5) is 11.6 Å². The minimum absolute atomic E-state index is 0.0593. The minimum Gasteiger partial charge on any atom is -0.478 e. The highest BCUT2D eigenvalue weighted by atomic mass is 16.4. The maximum Gasteiger partial charge on any atom is 0.327 e. The SMILES string of the molecule is CC[C@@H](C(=N)CCc1c(NC)nn(NC)c1NC)c1ccc(C/C=C/C(=O)O)cc1. The van der Waals surface area contributed by atoms with Crippen molar-refractivity contribution in [3.05, 3.63) is 53.1 Å². The van der Waals surface area contributed by atoms with Crippen LogP contribution in [0.15, 0.2) is 36.4 Å². The maximum absolute atomic E-state index is 10.6. The highest BCUT2D eigenvalue weighted by Crippen LogP contribution is 2.28. The molecule has 5 N–H and O–H groups in total. The number of nitrogens with one attached hydrogen (secondary N) is 4. The van der Waals surface area contributed by atoms with Crippen molar-refractivity contribution in [2.75, 3.05) is 37.2 Å². The molecule has 1 heterocycles. The Hall–Kier alpha value is -3.29. The van der Waals surface area contributed by atoms with Crippen LogP contribution < -0.4 is 16.1 Å². The Bertz CT molecular complexity index is 886. The van der Waals surface area contributed by atoms with E-state index in [0.29, 0.717) is 25.0 Å². The molecule has 1 atom stereocenters. The van der Waals surface area contributed by atoms with Crippen LogP contribution in [0.3, 0.4) is 0 Å². The molecule has 0 amide bonds. The second-order valence-corrected chi connectivity index (χ2v) is 6.98. The molecule has 0 aliphatic rings. The fourth-order valence-corrected chi connectivity index (χ4v) is 3.61. The van der Waals surface area contributed by atoms with E-state index in [-0.39, 0.29) is 5.92 Å². The Morgan fingerprint density at radius 2 is 1.93 bits per heavy atom. The number of anilines is 2. The van der Waals surface area contributed by atoms with Crippen LogP contribution in [0.2, 0.25) is 0 Å². The lowest BCUT2D eigenvalue weighted by atomic mass is 9.88. The maximum atomic E-state index is 10.6. The Morgan fingerprint density at radius 3 is 2.47 bits per heavy atom. The highest BCUT2D eigenvalue weighted by Gasteiger charge is 2.19. The molecular weight excluding hydrogens is 380 g/mol. The van der Waals surface area contributed by atoms with Gasteiger partial charge in [-0.25, -0.2) is 4.79 Å². The molecule has 1 aromatic carbocycles. The van der Waals surface area contributed by atoms with Crippen molar-refractivity contribution in [1.29, 1.82) is 5.41 Å². The smallest absolute Gasteiger partial charge is 0.327 e. The van der Waals surface area contributed by atoms with Gasteiger partial charge in [-0.1, -0.05) is 37.3 Å². The zero-order valence-electron chi connectivity index (χ0n) is 18.1. The Balaban J connectivity index is 2.08. The predicted octanol–water partition coefficient (Wildman–Crippen LogP) is 3.47. The van der Waals surface area contributed by atoms with Gasteiger partial charge in [0.05, 0.1) is 0 Å². The molecule has 0 bridgehead atoms. The van der Waals surface area contributed by atoms with Crippen LogP contribution in [0, 0.1) is 5.41 Å². The van der Waals surface area contributed by atoms with Crippen molar-refractivity contribution in [2.24, 2.45) is 0 Å². The standard InChI is InChI=1S/C22H32N6O2/c1-5-17(16-11-9-15(10-12-16)7-6-8-20(29)30)19(23)14-13-18-21(24-2)27-28(26-4)22(18)25-3/h6,8-12,17,23,25-26H,5,7,13-14H2,1-4H3,(H,24,27)(H,29,30)/b8-6+,23-19?/t17-/m1/s1. The number of carbonyl (C=O) groups is 1. The number of hydrogen-bond donors (Lipinski definition) is 5. The van der Waals surface area contributed by atoms with Gasteiger partial charge in [0.1, 0.15) is 0 Å². The van der Waals surface area contributed by atoms with Gasteiger partial charge in [0, 0.05) is 44.4 Å². The first-order valence-electron chi connectivity index (χ1n) is 10.2. The second kappa shape index (κ2) is 11.0. The number of benzene rings is 1. The molecule has 2 aromatic rings. The molecule has 162 valence electrons. The van der Waals surface area contributed by atoms with Gasteiger partial charge in [-0.15, -0.1) is 5.10 Å². The van der Waals surface area contributed by atoms with Crippen LogP contribution in [0.1, 0.15) is 42.4 Å². The molecule has 30 heavy (non-hydrogen) atoms.